The average Bonchev–Trinajstić information content (AvgIpc) is 3.26. The summed E-state index contributed by atoms with van der Waals surface area (Å²) in [5, 5.41) is 2.65. The molecule has 11 heteroatoms. The molecule has 1 aliphatic heterocycles. The molecule has 0 aliphatic carbocycles. The van der Waals surface area contributed by atoms with E-state index in [1.54, 1.807) is 6.92 Å². The van der Waals surface area contributed by atoms with E-state index in [1.807, 2.05) is 0 Å². The van der Waals surface area contributed by atoms with Gasteiger partial charge in [0.15, 0.2) is 9.84 Å². The lowest BCUT2D eigenvalue weighted by atomic mass is 10.0. The normalized spacial score (nSPS) is 17.5. The van der Waals surface area contributed by atoms with Crippen molar-refractivity contribution >= 4 is 21.7 Å². The monoisotopic (exact) mass is 500 g/mol. The van der Waals surface area contributed by atoms with Crippen molar-refractivity contribution in [2.24, 2.45) is 0 Å². The summed E-state index contributed by atoms with van der Waals surface area (Å²) in [6.45, 7) is 1.92. The van der Waals surface area contributed by atoms with Gasteiger partial charge < -0.3 is 10.2 Å². The molecule has 2 amide bonds. The lowest BCUT2D eigenvalue weighted by molar-refractivity contribution is -0.137. The van der Waals surface area contributed by atoms with Crippen LogP contribution in [0.25, 0.3) is 0 Å². The first kappa shape index (κ1) is 25.7. The minimum Gasteiger partial charge on any atom is -0.347 e. The summed E-state index contributed by atoms with van der Waals surface area (Å²) < 4.78 is 76.6. The van der Waals surface area contributed by atoms with Crippen molar-refractivity contribution in [1.82, 2.24) is 10.2 Å². The summed E-state index contributed by atoms with van der Waals surface area (Å²) in [4.78, 5) is 27.3. The Balaban J connectivity index is 1.79. The van der Waals surface area contributed by atoms with E-state index < -0.39 is 51.3 Å². The molecule has 2 aromatic rings. The Morgan fingerprint density at radius 1 is 1.18 bits per heavy atom. The van der Waals surface area contributed by atoms with E-state index in [0.29, 0.717) is 18.9 Å². The summed E-state index contributed by atoms with van der Waals surface area (Å²) in [5.41, 5.74) is -1.09. The molecule has 0 bridgehead atoms. The Labute approximate surface area is 194 Å². The minimum atomic E-state index is -4.69. The topological polar surface area (TPSA) is 83.6 Å². The highest BCUT2D eigenvalue weighted by Crippen LogP contribution is 2.32. The van der Waals surface area contributed by atoms with E-state index in [1.165, 1.54) is 29.2 Å². The van der Waals surface area contributed by atoms with Crippen LogP contribution >= 0.6 is 0 Å². The Morgan fingerprint density at radius 2 is 1.88 bits per heavy atom. The van der Waals surface area contributed by atoms with Crippen molar-refractivity contribution in [3.63, 3.8) is 0 Å². The van der Waals surface area contributed by atoms with Crippen LogP contribution in [0.4, 0.5) is 17.6 Å². The van der Waals surface area contributed by atoms with Crippen LogP contribution in [0.1, 0.15) is 53.7 Å². The molecule has 1 aliphatic rings. The van der Waals surface area contributed by atoms with Crippen molar-refractivity contribution in [3.05, 3.63) is 65.0 Å². The van der Waals surface area contributed by atoms with Gasteiger partial charge in [0.2, 0.25) is 5.91 Å². The third-order valence-corrected chi connectivity index (χ3v) is 6.86. The van der Waals surface area contributed by atoms with Crippen molar-refractivity contribution < 1.29 is 35.6 Å². The molecule has 2 aromatic carbocycles. The zero-order valence-corrected chi connectivity index (χ0v) is 19.3. The molecule has 0 saturated carbocycles. The van der Waals surface area contributed by atoms with E-state index in [9.17, 15) is 35.6 Å². The van der Waals surface area contributed by atoms with Gasteiger partial charge in [-0.3, -0.25) is 9.59 Å². The van der Waals surface area contributed by atoms with Gasteiger partial charge in [-0.1, -0.05) is 19.1 Å². The minimum absolute atomic E-state index is 0.0256. The van der Waals surface area contributed by atoms with Crippen LogP contribution in [0.3, 0.4) is 0 Å². The maximum Gasteiger partial charge on any atom is 0.416 e. The molecule has 6 nitrogen and oxygen atoms in total. The molecular formula is C23H24F4N2O4S. The molecule has 0 radical (unpaired) electrons. The number of nitrogens with one attached hydrogen (secondary N) is 1. The van der Waals surface area contributed by atoms with E-state index in [-0.39, 0.29) is 29.0 Å². The molecule has 1 fully saturated rings. The van der Waals surface area contributed by atoms with Crippen molar-refractivity contribution in [2.45, 2.75) is 49.3 Å². The molecule has 184 valence electrons. The van der Waals surface area contributed by atoms with Gasteiger partial charge in [-0.25, -0.2) is 12.8 Å². The highest BCUT2D eigenvalue weighted by Gasteiger charge is 2.36. The number of hydrogen-bond donors (Lipinski definition) is 1. The lowest BCUT2D eigenvalue weighted by Gasteiger charge is -2.27. The van der Waals surface area contributed by atoms with Gasteiger partial charge in [0, 0.05) is 23.9 Å². The first-order valence-electron chi connectivity index (χ1n) is 10.6. The highest BCUT2D eigenvalue weighted by molar-refractivity contribution is 7.90. The summed E-state index contributed by atoms with van der Waals surface area (Å²) in [5.74, 6) is -2.16. The maximum absolute atomic E-state index is 14.4. The van der Waals surface area contributed by atoms with Crippen molar-refractivity contribution in [2.75, 3.05) is 12.8 Å². The second-order valence-corrected chi connectivity index (χ2v) is 10.2. The number of carbonyl (C=O) groups is 2. The molecule has 2 atom stereocenters. The number of benzene rings is 2. The van der Waals surface area contributed by atoms with E-state index in [4.69, 9.17) is 0 Å². The fourth-order valence-corrected chi connectivity index (χ4v) is 4.63. The van der Waals surface area contributed by atoms with Crippen LogP contribution < -0.4 is 5.32 Å². The molecule has 0 aromatic heterocycles. The number of sulfone groups is 1. The average molecular weight is 501 g/mol. The van der Waals surface area contributed by atoms with E-state index >= 15 is 0 Å². The first-order chi connectivity index (χ1) is 15.8. The number of rotatable bonds is 6. The Hall–Kier alpha value is -2.95. The van der Waals surface area contributed by atoms with Crippen LogP contribution in [-0.2, 0) is 20.8 Å². The number of alkyl halides is 3. The van der Waals surface area contributed by atoms with Crippen molar-refractivity contribution in [1.29, 1.82) is 0 Å². The number of carbonyl (C=O) groups excluding carboxylic acids is 2. The number of nitrogens with zero attached hydrogens (tertiary/aromatic N) is 1. The molecule has 1 N–H and O–H groups in total. The molecule has 1 saturated heterocycles. The molecule has 1 unspecified atom stereocenters. The van der Waals surface area contributed by atoms with Gasteiger partial charge in [0.05, 0.1) is 16.5 Å². The van der Waals surface area contributed by atoms with Gasteiger partial charge >= 0.3 is 6.18 Å². The zero-order valence-electron chi connectivity index (χ0n) is 18.5. The van der Waals surface area contributed by atoms with Crippen LogP contribution in [0.2, 0.25) is 0 Å². The maximum atomic E-state index is 14.4. The van der Waals surface area contributed by atoms with Gasteiger partial charge in [-0.15, -0.1) is 0 Å². The molecule has 1 heterocycles. The fourth-order valence-electron chi connectivity index (χ4n) is 3.96. The Morgan fingerprint density at radius 3 is 2.47 bits per heavy atom. The lowest BCUT2D eigenvalue weighted by Crippen LogP contribution is -2.47. The molecule has 34 heavy (non-hydrogen) atoms. The van der Waals surface area contributed by atoms with Crippen LogP contribution in [0.5, 0.6) is 0 Å². The van der Waals surface area contributed by atoms with Gasteiger partial charge in [0.1, 0.15) is 11.9 Å². The van der Waals surface area contributed by atoms with Crippen LogP contribution in [-0.4, -0.2) is 44.0 Å². The predicted molar refractivity (Wildman–Crippen MR) is 116 cm³/mol. The molecule has 3 rings (SSSR count). The summed E-state index contributed by atoms with van der Waals surface area (Å²) in [7, 11) is -3.53. The molecule has 0 spiro atoms. The quantitative estimate of drug-likeness (QED) is 0.605. The van der Waals surface area contributed by atoms with E-state index in [2.05, 4.69) is 5.32 Å². The summed E-state index contributed by atoms with van der Waals surface area (Å²) in [6, 6.07) is 5.90. The Bertz CT molecular complexity index is 1200. The highest BCUT2D eigenvalue weighted by atomic mass is 32.2. The second kappa shape index (κ2) is 9.73. The molecular weight excluding hydrogens is 476 g/mol. The first-order valence-corrected chi connectivity index (χ1v) is 12.5. The number of amides is 2. The number of halogens is 4. The smallest absolute Gasteiger partial charge is 0.347 e. The number of hydrogen-bond acceptors (Lipinski definition) is 4. The predicted octanol–water partition coefficient (Wildman–Crippen LogP) is 4.12. The second-order valence-electron chi connectivity index (χ2n) is 8.16. The van der Waals surface area contributed by atoms with Crippen LogP contribution in [0.15, 0.2) is 47.4 Å². The number of likely N-dealkylation sites (tertiary alicyclic amines) is 1. The van der Waals surface area contributed by atoms with Crippen molar-refractivity contribution in [3.8, 4) is 0 Å². The third kappa shape index (κ3) is 5.57. The van der Waals surface area contributed by atoms with Crippen LogP contribution in [0, 0.1) is 5.82 Å². The zero-order chi connectivity index (χ0) is 25.3. The SMILES string of the molecule is CCC(NC(=O)[C@H]1CCCN1C(=O)c1cccc(S(C)(=O)=O)c1)c1ccc(C(F)(F)F)cc1F. The summed E-state index contributed by atoms with van der Waals surface area (Å²) >= 11 is 0. The Kier molecular flexibility index (Phi) is 7.35. The van der Waals surface area contributed by atoms with Gasteiger partial charge in [0.25, 0.3) is 5.91 Å². The summed E-state index contributed by atoms with van der Waals surface area (Å²) in [6.07, 6.45) is -2.58. The standard InChI is InChI=1S/C23H24F4N2O4S/c1-3-19(17-10-9-15(13-18(17)24)23(25,26)27)28-21(30)20-8-5-11-29(20)22(31)14-6-4-7-16(12-14)34(2,32)33/h4,6-7,9-10,12-13,19-20H,3,5,8,11H2,1-2H3,(H,28,30)/t19?,20-/m1/s1. The third-order valence-electron chi connectivity index (χ3n) is 5.75. The fraction of sp³-hybridized carbons (Fsp3) is 0.391. The van der Waals surface area contributed by atoms with E-state index in [0.717, 1.165) is 18.4 Å². The largest absolute Gasteiger partial charge is 0.416 e. The van der Waals surface area contributed by atoms with Gasteiger partial charge in [-0.2, -0.15) is 13.2 Å². The van der Waals surface area contributed by atoms with Gasteiger partial charge in [-0.05, 0) is 49.6 Å².